The van der Waals surface area contributed by atoms with Gasteiger partial charge in [0, 0.05) is 43.8 Å². The molecule has 2 aromatic carbocycles. The average Bonchev–Trinajstić information content (AvgIpc) is 2.97. The first-order valence-electron chi connectivity index (χ1n) is 8.79. The Hall–Kier alpha value is -2.93. The molecule has 3 aromatic rings. The van der Waals surface area contributed by atoms with E-state index in [1.165, 1.54) is 18.3 Å². The summed E-state index contributed by atoms with van der Waals surface area (Å²) in [5.74, 6) is -0.973. The van der Waals surface area contributed by atoms with Crippen LogP contribution in [0.2, 0.25) is 0 Å². The first-order chi connectivity index (χ1) is 13.0. The molecule has 1 aromatic heterocycles. The second-order valence-corrected chi connectivity index (χ2v) is 6.73. The number of aromatic amines is 1. The lowest BCUT2D eigenvalue weighted by molar-refractivity contribution is 0.311. The van der Waals surface area contributed by atoms with Crippen molar-refractivity contribution in [3.05, 3.63) is 53.6 Å². The summed E-state index contributed by atoms with van der Waals surface area (Å²) in [5, 5.41) is 10.3. The van der Waals surface area contributed by atoms with Crippen molar-refractivity contribution < 1.29 is 13.9 Å². The van der Waals surface area contributed by atoms with E-state index in [0.717, 1.165) is 26.2 Å². The van der Waals surface area contributed by atoms with E-state index in [0.29, 0.717) is 16.9 Å². The number of H-pyrrole nitrogens is 1. The molecule has 2 heterocycles. The van der Waals surface area contributed by atoms with Gasteiger partial charge in [-0.2, -0.15) is 0 Å². The van der Waals surface area contributed by atoms with Crippen molar-refractivity contribution in [3.8, 4) is 5.88 Å². The fourth-order valence-electron chi connectivity index (χ4n) is 3.36. The Kier molecular flexibility index (Phi) is 4.53. The van der Waals surface area contributed by atoms with Crippen molar-refractivity contribution in [1.82, 2.24) is 9.88 Å². The lowest BCUT2D eigenvalue weighted by Gasteiger charge is -2.34. The number of aromatic nitrogens is 1. The summed E-state index contributed by atoms with van der Waals surface area (Å²) in [6.07, 6.45) is 1.35. The molecule has 0 atom stereocenters. The van der Waals surface area contributed by atoms with Gasteiger partial charge in [0.05, 0.1) is 22.5 Å². The number of hydrogen-bond acceptors (Lipinski definition) is 4. The molecule has 1 fully saturated rings. The predicted molar refractivity (Wildman–Crippen MR) is 103 cm³/mol. The smallest absolute Gasteiger partial charge is 0.198 e. The Balaban J connectivity index is 1.60. The molecule has 0 aliphatic carbocycles. The summed E-state index contributed by atoms with van der Waals surface area (Å²) in [6.45, 7) is 3.34. The zero-order valence-electron chi connectivity index (χ0n) is 14.9. The maximum Gasteiger partial charge on any atom is 0.198 e. The third-order valence-electron chi connectivity index (χ3n) is 4.91. The Morgan fingerprint density at radius 2 is 1.85 bits per heavy atom. The number of aliphatic imine (C=N–C) groups is 1. The maximum atomic E-state index is 14.5. The molecule has 140 valence electrons. The van der Waals surface area contributed by atoms with E-state index >= 15 is 0 Å². The third-order valence-corrected chi connectivity index (χ3v) is 4.91. The number of benzene rings is 2. The average molecular weight is 370 g/mol. The molecule has 0 unspecified atom stereocenters. The molecule has 1 aliphatic rings. The van der Waals surface area contributed by atoms with Crippen molar-refractivity contribution in [2.75, 3.05) is 38.1 Å². The summed E-state index contributed by atoms with van der Waals surface area (Å²) in [4.78, 5) is 11.2. The number of nitrogens with one attached hydrogen (secondary N) is 1. The van der Waals surface area contributed by atoms with Crippen LogP contribution in [0, 0.1) is 11.6 Å². The molecule has 0 bridgehead atoms. The minimum absolute atomic E-state index is 0.173. The van der Waals surface area contributed by atoms with Crippen LogP contribution in [0.1, 0.15) is 5.56 Å². The highest BCUT2D eigenvalue weighted by atomic mass is 19.1. The number of halogens is 2. The molecular weight excluding hydrogens is 350 g/mol. The number of likely N-dealkylation sites (N-methyl/N-ethyl adjacent to an activating group) is 1. The van der Waals surface area contributed by atoms with Crippen LogP contribution in [-0.2, 0) is 0 Å². The van der Waals surface area contributed by atoms with Gasteiger partial charge in [0.25, 0.3) is 0 Å². The van der Waals surface area contributed by atoms with Gasteiger partial charge in [0.15, 0.2) is 5.88 Å². The van der Waals surface area contributed by atoms with Crippen molar-refractivity contribution in [2.45, 2.75) is 0 Å². The van der Waals surface area contributed by atoms with Gasteiger partial charge in [-0.15, -0.1) is 0 Å². The van der Waals surface area contributed by atoms with Crippen LogP contribution < -0.4 is 4.90 Å². The first-order valence-corrected chi connectivity index (χ1v) is 8.79. The molecule has 0 amide bonds. The zero-order valence-corrected chi connectivity index (χ0v) is 14.9. The Morgan fingerprint density at radius 1 is 1.07 bits per heavy atom. The van der Waals surface area contributed by atoms with Crippen molar-refractivity contribution in [3.63, 3.8) is 0 Å². The highest BCUT2D eigenvalue weighted by Crippen LogP contribution is 2.29. The molecule has 5 nitrogen and oxygen atoms in total. The lowest BCUT2D eigenvalue weighted by Crippen LogP contribution is -2.44. The lowest BCUT2D eigenvalue weighted by atomic mass is 10.1. The van der Waals surface area contributed by atoms with E-state index < -0.39 is 5.82 Å². The molecule has 1 saturated heterocycles. The predicted octanol–water partition coefficient (Wildman–Crippen LogP) is 3.65. The molecule has 4 rings (SSSR count). The normalized spacial score (nSPS) is 15.9. The first kappa shape index (κ1) is 17.5. The van der Waals surface area contributed by atoms with E-state index in [1.54, 1.807) is 24.3 Å². The van der Waals surface area contributed by atoms with Crippen molar-refractivity contribution in [2.24, 2.45) is 4.99 Å². The molecule has 2 N–H and O–H groups in total. The van der Waals surface area contributed by atoms with Crippen LogP contribution in [0.3, 0.4) is 0 Å². The van der Waals surface area contributed by atoms with Crippen LogP contribution in [0.5, 0.6) is 5.88 Å². The highest BCUT2D eigenvalue weighted by Gasteiger charge is 2.17. The van der Waals surface area contributed by atoms with Gasteiger partial charge in [-0.1, -0.05) is 6.07 Å². The highest BCUT2D eigenvalue weighted by molar-refractivity contribution is 6.02. The number of hydrogen-bond donors (Lipinski definition) is 2. The van der Waals surface area contributed by atoms with Crippen molar-refractivity contribution >= 4 is 28.5 Å². The van der Waals surface area contributed by atoms with Crippen molar-refractivity contribution in [1.29, 1.82) is 0 Å². The third kappa shape index (κ3) is 3.38. The fourth-order valence-corrected chi connectivity index (χ4v) is 3.36. The number of fused-ring (bicyclic) bond motifs is 1. The van der Waals surface area contributed by atoms with Crippen LogP contribution >= 0.6 is 0 Å². The Bertz CT molecular complexity index is 1010. The molecule has 27 heavy (non-hydrogen) atoms. The van der Waals surface area contributed by atoms with Gasteiger partial charge in [-0.3, -0.25) is 4.99 Å². The van der Waals surface area contributed by atoms with Gasteiger partial charge in [-0.05, 0) is 31.3 Å². The number of aromatic hydroxyl groups is 1. The maximum absolute atomic E-state index is 14.5. The van der Waals surface area contributed by atoms with Gasteiger partial charge in [0.2, 0.25) is 0 Å². The van der Waals surface area contributed by atoms with Gasteiger partial charge < -0.3 is 19.9 Å². The Morgan fingerprint density at radius 3 is 2.59 bits per heavy atom. The number of piperazine rings is 1. The van der Waals surface area contributed by atoms with E-state index in [4.69, 9.17) is 0 Å². The molecule has 0 spiro atoms. The van der Waals surface area contributed by atoms with Crippen LogP contribution in [0.25, 0.3) is 10.9 Å². The van der Waals surface area contributed by atoms with Crippen LogP contribution in [-0.4, -0.2) is 54.4 Å². The van der Waals surface area contributed by atoms with Gasteiger partial charge in [-0.25, -0.2) is 8.78 Å². The van der Waals surface area contributed by atoms with Gasteiger partial charge in [0.1, 0.15) is 11.6 Å². The number of anilines is 1. The molecule has 0 radical (unpaired) electrons. The summed E-state index contributed by atoms with van der Waals surface area (Å²) >= 11 is 0. The Labute approximate surface area is 155 Å². The monoisotopic (exact) mass is 370 g/mol. The summed E-state index contributed by atoms with van der Waals surface area (Å²) in [6, 6.07) is 9.32. The number of nitrogens with zero attached hydrogens (tertiary/aromatic N) is 3. The second kappa shape index (κ2) is 7.00. The fraction of sp³-hybridized carbons (Fsp3) is 0.250. The standard InChI is InChI=1S/C20H20F2N4O/c1-25-7-9-26(10-8-25)18-6-5-13(11-16(18)22)23-12-14-19-15(21)3-2-4-17(19)24-20(14)27/h2-6,11-12,24,27H,7-10H2,1H3. The molecular formula is C20H20F2N4O. The number of rotatable bonds is 3. The summed E-state index contributed by atoms with van der Waals surface area (Å²) in [5.41, 5.74) is 1.68. The largest absolute Gasteiger partial charge is 0.494 e. The minimum atomic E-state index is -0.456. The van der Waals surface area contributed by atoms with Crippen LogP contribution in [0.4, 0.5) is 20.2 Å². The van der Waals surface area contributed by atoms with Crippen LogP contribution in [0.15, 0.2) is 41.4 Å². The van der Waals surface area contributed by atoms with E-state index in [2.05, 4.69) is 21.9 Å². The summed E-state index contributed by atoms with van der Waals surface area (Å²) in [7, 11) is 2.05. The van der Waals surface area contributed by atoms with E-state index in [1.807, 2.05) is 4.90 Å². The second-order valence-electron chi connectivity index (χ2n) is 6.73. The summed E-state index contributed by atoms with van der Waals surface area (Å²) < 4.78 is 28.6. The van der Waals surface area contributed by atoms with E-state index in [9.17, 15) is 13.9 Å². The van der Waals surface area contributed by atoms with Gasteiger partial charge >= 0.3 is 0 Å². The quantitative estimate of drug-likeness (QED) is 0.692. The molecule has 7 heteroatoms. The topological polar surface area (TPSA) is 54.9 Å². The SMILES string of the molecule is CN1CCN(c2ccc(N=Cc3c(O)[nH]c4cccc(F)c34)cc2F)CC1. The minimum Gasteiger partial charge on any atom is -0.494 e. The zero-order chi connectivity index (χ0) is 19.0. The molecule has 0 saturated carbocycles. The molecule has 1 aliphatic heterocycles. The van der Waals surface area contributed by atoms with E-state index in [-0.39, 0.29) is 22.6 Å².